The summed E-state index contributed by atoms with van der Waals surface area (Å²) >= 11 is 0. The summed E-state index contributed by atoms with van der Waals surface area (Å²) in [5.41, 5.74) is 6.32. The lowest BCUT2D eigenvalue weighted by atomic mass is 9.76. The van der Waals surface area contributed by atoms with E-state index in [4.69, 9.17) is 10.5 Å². The maximum Gasteiger partial charge on any atom is 0.0747 e. The van der Waals surface area contributed by atoms with Crippen molar-refractivity contribution in [2.24, 2.45) is 23.5 Å². The number of rotatable bonds is 4. The molecule has 90 valence electrons. The number of ether oxygens (including phenoxy) is 1. The first-order valence-corrected chi connectivity index (χ1v) is 6.34. The van der Waals surface area contributed by atoms with Gasteiger partial charge in [0.1, 0.15) is 0 Å². The van der Waals surface area contributed by atoms with E-state index >= 15 is 0 Å². The average molecular weight is 213 g/mol. The second-order valence-corrected chi connectivity index (χ2v) is 5.54. The van der Waals surface area contributed by atoms with E-state index in [-0.39, 0.29) is 12.1 Å². The number of hydrogen-bond acceptors (Lipinski definition) is 2. The van der Waals surface area contributed by atoms with Gasteiger partial charge in [-0.2, -0.15) is 0 Å². The summed E-state index contributed by atoms with van der Waals surface area (Å²) in [5.74, 6) is 2.09. The van der Waals surface area contributed by atoms with Crippen LogP contribution in [0.2, 0.25) is 0 Å². The Hall–Kier alpha value is -0.0800. The van der Waals surface area contributed by atoms with Crippen molar-refractivity contribution in [1.82, 2.24) is 0 Å². The van der Waals surface area contributed by atoms with Crippen molar-refractivity contribution in [3.63, 3.8) is 0 Å². The van der Waals surface area contributed by atoms with Gasteiger partial charge >= 0.3 is 0 Å². The van der Waals surface area contributed by atoms with Crippen molar-refractivity contribution in [1.29, 1.82) is 0 Å². The van der Waals surface area contributed by atoms with Gasteiger partial charge in [-0.05, 0) is 30.6 Å². The van der Waals surface area contributed by atoms with E-state index in [1.165, 1.54) is 25.7 Å². The topological polar surface area (TPSA) is 35.2 Å². The molecular weight excluding hydrogens is 186 g/mol. The molecule has 2 atom stereocenters. The Morgan fingerprint density at radius 2 is 1.67 bits per heavy atom. The Kier molecular flexibility index (Phi) is 5.07. The van der Waals surface area contributed by atoms with Crippen LogP contribution in [0.1, 0.15) is 46.5 Å². The van der Waals surface area contributed by atoms with Gasteiger partial charge in [0.2, 0.25) is 0 Å². The zero-order valence-corrected chi connectivity index (χ0v) is 10.7. The van der Waals surface area contributed by atoms with Crippen molar-refractivity contribution < 1.29 is 4.74 Å². The first-order valence-electron chi connectivity index (χ1n) is 6.34. The molecule has 0 amide bonds. The second kappa shape index (κ2) is 5.86. The molecule has 0 spiro atoms. The van der Waals surface area contributed by atoms with Gasteiger partial charge < -0.3 is 10.5 Å². The molecule has 15 heavy (non-hydrogen) atoms. The van der Waals surface area contributed by atoms with Crippen molar-refractivity contribution in [3.05, 3.63) is 0 Å². The first-order chi connectivity index (χ1) is 7.06. The summed E-state index contributed by atoms with van der Waals surface area (Å²) in [7, 11) is 1.79. The molecule has 2 unspecified atom stereocenters. The maximum absolute atomic E-state index is 6.32. The normalized spacial score (nSPS) is 31.6. The molecule has 0 aromatic rings. The minimum absolute atomic E-state index is 0.225. The van der Waals surface area contributed by atoms with Gasteiger partial charge in [-0.15, -0.1) is 0 Å². The predicted molar refractivity (Wildman–Crippen MR) is 64.7 cm³/mol. The number of nitrogens with two attached hydrogens (primary N) is 1. The Morgan fingerprint density at radius 3 is 2.07 bits per heavy atom. The van der Waals surface area contributed by atoms with Gasteiger partial charge in [0.05, 0.1) is 6.10 Å². The van der Waals surface area contributed by atoms with Crippen LogP contribution in [0, 0.1) is 17.8 Å². The summed E-state index contributed by atoms with van der Waals surface area (Å²) in [6.07, 6.45) is 5.48. The highest BCUT2D eigenvalue weighted by molar-refractivity contribution is 4.85. The first kappa shape index (κ1) is 13.0. The van der Waals surface area contributed by atoms with Crippen LogP contribution in [-0.2, 0) is 4.74 Å². The largest absolute Gasteiger partial charge is 0.380 e. The van der Waals surface area contributed by atoms with Crippen LogP contribution >= 0.6 is 0 Å². The molecule has 0 saturated heterocycles. The average Bonchev–Trinajstić information content (AvgIpc) is 2.19. The SMILES string of the molecule is COC(C(C)C)C(N)C1CCC(C)CC1. The molecular formula is C13H27NO. The highest BCUT2D eigenvalue weighted by Gasteiger charge is 2.30. The quantitative estimate of drug-likeness (QED) is 0.779. The molecule has 2 heteroatoms. The Labute approximate surface area is 94.6 Å². The zero-order chi connectivity index (χ0) is 11.4. The van der Waals surface area contributed by atoms with Crippen LogP contribution in [0.4, 0.5) is 0 Å². The molecule has 0 aromatic carbocycles. The van der Waals surface area contributed by atoms with Crippen molar-refractivity contribution in [2.75, 3.05) is 7.11 Å². The molecule has 2 nitrogen and oxygen atoms in total. The summed E-state index contributed by atoms with van der Waals surface area (Å²) < 4.78 is 5.53. The predicted octanol–water partition coefficient (Wildman–Crippen LogP) is 2.81. The van der Waals surface area contributed by atoms with Crippen molar-refractivity contribution in [2.45, 2.75) is 58.6 Å². The van der Waals surface area contributed by atoms with Crippen molar-refractivity contribution in [3.8, 4) is 0 Å². The van der Waals surface area contributed by atoms with E-state index in [1.54, 1.807) is 7.11 Å². The fourth-order valence-corrected chi connectivity index (χ4v) is 2.81. The molecule has 1 saturated carbocycles. The molecule has 0 radical (unpaired) electrons. The molecule has 0 aromatic heterocycles. The standard InChI is InChI=1S/C13H27NO/c1-9(2)13(15-4)12(14)11-7-5-10(3)6-8-11/h9-13H,5-8,14H2,1-4H3. The summed E-state index contributed by atoms with van der Waals surface area (Å²) in [4.78, 5) is 0. The van der Waals surface area contributed by atoms with E-state index in [9.17, 15) is 0 Å². The second-order valence-electron chi connectivity index (χ2n) is 5.54. The van der Waals surface area contributed by atoms with Gasteiger partial charge in [0.15, 0.2) is 0 Å². The van der Waals surface area contributed by atoms with E-state index < -0.39 is 0 Å². The van der Waals surface area contributed by atoms with Gasteiger partial charge in [-0.25, -0.2) is 0 Å². The highest BCUT2D eigenvalue weighted by atomic mass is 16.5. The van der Waals surface area contributed by atoms with E-state index in [0.29, 0.717) is 11.8 Å². The fraction of sp³-hybridized carbons (Fsp3) is 1.00. The Bertz CT molecular complexity index is 173. The lowest BCUT2D eigenvalue weighted by Gasteiger charge is -2.36. The zero-order valence-electron chi connectivity index (χ0n) is 10.7. The van der Waals surface area contributed by atoms with Crippen LogP contribution in [0.5, 0.6) is 0 Å². The van der Waals surface area contributed by atoms with Crippen molar-refractivity contribution >= 4 is 0 Å². The summed E-state index contributed by atoms with van der Waals surface area (Å²) in [6, 6.07) is 0.225. The maximum atomic E-state index is 6.32. The van der Waals surface area contributed by atoms with Gasteiger partial charge in [0.25, 0.3) is 0 Å². The van der Waals surface area contributed by atoms with Crippen LogP contribution in [0.25, 0.3) is 0 Å². The molecule has 1 rings (SSSR count). The third kappa shape index (κ3) is 3.46. The number of hydrogen-bond donors (Lipinski definition) is 1. The lowest BCUT2D eigenvalue weighted by Crippen LogP contribution is -2.46. The Morgan fingerprint density at radius 1 is 1.13 bits per heavy atom. The van der Waals surface area contributed by atoms with Crippen LogP contribution in [-0.4, -0.2) is 19.3 Å². The summed E-state index contributed by atoms with van der Waals surface area (Å²) in [5, 5.41) is 0. The van der Waals surface area contributed by atoms with Gasteiger partial charge in [-0.1, -0.05) is 33.6 Å². The third-order valence-corrected chi connectivity index (χ3v) is 3.91. The van der Waals surface area contributed by atoms with E-state index in [2.05, 4.69) is 20.8 Å². The minimum atomic E-state index is 0.225. The highest BCUT2D eigenvalue weighted by Crippen LogP contribution is 2.32. The number of methoxy groups -OCH3 is 1. The Balaban J connectivity index is 2.47. The fourth-order valence-electron chi connectivity index (χ4n) is 2.81. The van der Waals surface area contributed by atoms with Crippen LogP contribution in [0.3, 0.4) is 0 Å². The smallest absolute Gasteiger partial charge is 0.0747 e. The molecule has 1 fully saturated rings. The minimum Gasteiger partial charge on any atom is -0.380 e. The van der Waals surface area contributed by atoms with Crippen LogP contribution in [0.15, 0.2) is 0 Å². The molecule has 0 aliphatic heterocycles. The van der Waals surface area contributed by atoms with E-state index in [0.717, 1.165) is 5.92 Å². The summed E-state index contributed by atoms with van der Waals surface area (Å²) in [6.45, 7) is 6.73. The van der Waals surface area contributed by atoms with E-state index in [1.807, 2.05) is 0 Å². The third-order valence-electron chi connectivity index (χ3n) is 3.91. The van der Waals surface area contributed by atoms with Gasteiger partial charge in [-0.3, -0.25) is 0 Å². The molecule has 0 heterocycles. The van der Waals surface area contributed by atoms with Gasteiger partial charge in [0, 0.05) is 13.2 Å². The lowest BCUT2D eigenvalue weighted by molar-refractivity contribution is 0.0194. The molecule has 1 aliphatic rings. The van der Waals surface area contributed by atoms with Crippen LogP contribution < -0.4 is 5.73 Å². The monoisotopic (exact) mass is 213 g/mol. The molecule has 1 aliphatic carbocycles. The molecule has 0 bridgehead atoms. The molecule has 2 N–H and O–H groups in total.